The minimum Gasteiger partial charge on any atom is -0.454 e. The van der Waals surface area contributed by atoms with Gasteiger partial charge in [0.25, 0.3) is 5.91 Å². The van der Waals surface area contributed by atoms with E-state index in [1.54, 1.807) is 28.4 Å². The third-order valence-electron chi connectivity index (χ3n) is 6.66. The van der Waals surface area contributed by atoms with Gasteiger partial charge in [-0.3, -0.25) is 9.59 Å². The molecule has 3 aliphatic rings. The van der Waals surface area contributed by atoms with Crippen molar-refractivity contribution in [2.45, 2.75) is 38.1 Å². The SMILES string of the molecule is COCCN(CC(=O)N1N=C(c2cccs2)CC1c1ccc2c(c1)OCO2)C(=O)C1CCCC1. The van der Waals surface area contributed by atoms with Gasteiger partial charge in [-0.2, -0.15) is 5.10 Å². The first kappa shape index (κ1) is 22.9. The first-order valence-electron chi connectivity index (χ1n) is 11.7. The summed E-state index contributed by atoms with van der Waals surface area (Å²) in [6.07, 6.45) is 4.51. The first-order valence-corrected chi connectivity index (χ1v) is 12.6. The van der Waals surface area contributed by atoms with E-state index in [4.69, 9.17) is 19.3 Å². The van der Waals surface area contributed by atoms with Crippen LogP contribution in [0.15, 0.2) is 40.8 Å². The maximum atomic E-state index is 13.6. The fourth-order valence-electron chi connectivity index (χ4n) is 4.85. The molecule has 9 heteroatoms. The molecule has 1 saturated carbocycles. The van der Waals surface area contributed by atoms with Crippen LogP contribution in [0.2, 0.25) is 0 Å². The molecular formula is C25H29N3O5S. The van der Waals surface area contributed by atoms with Crippen molar-refractivity contribution in [2.75, 3.05) is 33.6 Å². The van der Waals surface area contributed by atoms with E-state index in [-0.39, 0.29) is 37.1 Å². The zero-order valence-electron chi connectivity index (χ0n) is 19.3. The van der Waals surface area contributed by atoms with E-state index in [2.05, 4.69) is 0 Å². The predicted molar refractivity (Wildman–Crippen MR) is 128 cm³/mol. The fourth-order valence-corrected chi connectivity index (χ4v) is 5.57. The second-order valence-electron chi connectivity index (χ2n) is 8.83. The Morgan fingerprint density at radius 1 is 1.21 bits per heavy atom. The second kappa shape index (κ2) is 10.1. The standard InChI is InChI=1S/C25H29N3O5S/c1-31-11-10-27(25(30)17-5-2-3-6-17)15-24(29)28-20(14-19(26-28)23-7-4-12-34-23)18-8-9-21-22(13-18)33-16-32-21/h4,7-9,12-13,17,20H,2-3,5-6,10-11,14-16H2,1H3. The zero-order chi connectivity index (χ0) is 23.5. The minimum atomic E-state index is -0.273. The van der Waals surface area contributed by atoms with Crippen LogP contribution in [-0.2, 0) is 14.3 Å². The number of methoxy groups -OCH3 is 1. The van der Waals surface area contributed by atoms with Gasteiger partial charge in [-0.15, -0.1) is 11.3 Å². The molecule has 0 radical (unpaired) electrons. The molecule has 2 aromatic rings. The van der Waals surface area contributed by atoms with Gasteiger partial charge < -0.3 is 19.1 Å². The molecule has 34 heavy (non-hydrogen) atoms. The topological polar surface area (TPSA) is 80.7 Å². The van der Waals surface area contributed by atoms with Crippen molar-refractivity contribution in [1.29, 1.82) is 0 Å². The van der Waals surface area contributed by atoms with E-state index in [9.17, 15) is 9.59 Å². The lowest BCUT2D eigenvalue weighted by Crippen LogP contribution is -2.44. The van der Waals surface area contributed by atoms with Crippen molar-refractivity contribution in [3.05, 3.63) is 46.2 Å². The summed E-state index contributed by atoms with van der Waals surface area (Å²) in [6.45, 7) is 0.963. The quantitative estimate of drug-likeness (QED) is 0.570. The number of ether oxygens (including phenoxy) is 3. The molecule has 1 atom stereocenters. The van der Waals surface area contributed by atoms with Gasteiger partial charge in [-0.1, -0.05) is 25.0 Å². The van der Waals surface area contributed by atoms with Crippen molar-refractivity contribution in [3.8, 4) is 11.5 Å². The van der Waals surface area contributed by atoms with Gasteiger partial charge in [0, 0.05) is 26.0 Å². The molecule has 2 aliphatic heterocycles. The summed E-state index contributed by atoms with van der Waals surface area (Å²) >= 11 is 1.60. The zero-order valence-corrected chi connectivity index (χ0v) is 20.1. The van der Waals surface area contributed by atoms with Gasteiger partial charge in [-0.25, -0.2) is 5.01 Å². The Labute approximate surface area is 203 Å². The fraction of sp³-hybridized carbons (Fsp3) is 0.480. The Morgan fingerprint density at radius 2 is 2.03 bits per heavy atom. The smallest absolute Gasteiger partial charge is 0.262 e. The summed E-state index contributed by atoms with van der Waals surface area (Å²) in [6, 6.07) is 9.48. The lowest BCUT2D eigenvalue weighted by atomic mass is 10.0. The van der Waals surface area contributed by atoms with Crippen LogP contribution in [0, 0.1) is 5.92 Å². The van der Waals surface area contributed by atoms with Crippen LogP contribution in [0.5, 0.6) is 11.5 Å². The highest BCUT2D eigenvalue weighted by Gasteiger charge is 2.36. The summed E-state index contributed by atoms with van der Waals surface area (Å²) in [5.41, 5.74) is 1.80. The predicted octanol–water partition coefficient (Wildman–Crippen LogP) is 3.82. The molecule has 0 bridgehead atoms. The van der Waals surface area contributed by atoms with Crippen molar-refractivity contribution in [1.82, 2.24) is 9.91 Å². The van der Waals surface area contributed by atoms with E-state index >= 15 is 0 Å². The molecule has 1 fully saturated rings. The van der Waals surface area contributed by atoms with Crippen LogP contribution in [-0.4, -0.2) is 61.0 Å². The summed E-state index contributed by atoms with van der Waals surface area (Å²) < 4.78 is 16.2. The van der Waals surface area contributed by atoms with Crippen LogP contribution in [0.3, 0.4) is 0 Å². The highest BCUT2D eigenvalue weighted by molar-refractivity contribution is 7.12. The van der Waals surface area contributed by atoms with Crippen molar-refractivity contribution in [3.63, 3.8) is 0 Å². The number of amides is 2. The maximum absolute atomic E-state index is 13.6. The number of carbonyl (C=O) groups is 2. The van der Waals surface area contributed by atoms with Gasteiger partial charge in [0.15, 0.2) is 11.5 Å². The van der Waals surface area contributed by atoms with E-state index in [0.29, 0.717) is 31.1 Å². The highest BCUT2D eigenvalue weighted by atomic mass is 32.1. The molecule has 1 unspecified atom stereocenters. The number of hydrogen-bond acceptors (Lipinski definition) is 7. The Balaban J connectivity index is 1.39. The molecule has 0 N–H and O–H groups in total. The highest BCUT2D eigenvalue weighted by Crippen LogP contribution is 2.39. The van der Waals surface area contributed by atoms with Gasteiger partial charge >= 0.3 is 0 Å². The average molecular weight is 484 g/mol. The largest absolute Gasteiger partial charge is 0.454 e. The van der Waals surface area contributed by atoms with Gasteiger partial charge in [0.1, 0.15) is 6.54 Å². The van der Waals surface area contributed by atoms with E-state index in [1.165, 1.54) is 0 Å². The van der Waals surface area contributed by atoms with Crippen molar-refractivity contribution < 1.29 is 23.8 Å². The average Bonchev–Trinajstić information content (AvgIpc) is 3.66. The number of rotatable bonds is 8. The lowest BCUT2D eigenvalue weighted by Gasteiger charge is -2.28. The molecule has 1 aliphatic carbocycles. The number of nitrogens with zero attached hydrogens (tertiary/aromatic N) is 3. The van der Waals surface area contributed by atoms with Crippen LogP contribution in [0.1, 0.15) is 48.6 Å². The summed E-state index contributed by atoms with van der Waals surface area (Å²) in [5, 5.41) is 8.30. The Bertz CT molecular complexity index is 1060. The summed E-state index contributed by atoms with van der Waals surface area (Å²) in [7, 11) is 1.60. The number of fused-ring (bicyclic) bond motifs is 1. The lowest BCUT2D eigenvalue weighted by molar-refractivity contribution is -0.144. The molecular weight excluding hydrogens is 454 g/mol. The number of carbonyl (C=O) groups excluding carboxylic acids is 2. The molecule has 5 rings (SSSR count). The van der Waals surface area contributed by atoms with E-state index in [1.807, 2.05) is 35.7 Å². The molecule has 0 spiro atoms. The van der Waals surface area contributed by atoms with Gasteiger partial charge in [-0.05, 0) is 42.0 Å². The molecule has 0 saturated heterocycles. The summed E-state index contributed by atoms with van der Waals surface area (Å²) in [4.78, 5) is 29.5. The van der Waals surface area contributed by atoms with E-state index < -0.39 is 0 Å². The molecule has 1 aromatic carbocycles. The molecule has 2 amide bonds. The van der Waals surface area contributed by atoms with Crippen LogP contribution < -0.4 is 9.47 Å². The monoisotopic (exact) mass is 483 g/mol. The maximum Gasteiger partial charge on any atom is 0.262 e. The van der Waals surface area contributed by atoms with Gasteiger partial charge in [0.2, 0.25) is 12.7 Å². The molecule has 8 nitrogen and oxygen atoms in total. The third-order valence-corrected chi connectivity index (χ3v) is 7.58. The van der Waals surface area contributed by atoms with Gasteiger partial charge in [0.05, 0.1) is 23.2 Å². The van der Waals surface area contributed by atoms with Crippen molar-refractivity contribution >= 4 is 28.9 Å². The molecule has 1 aromatic heterocycles. The minimum absolute atomic E-state index is 0.00179. The van der Waals surface area contributed by atoms with Crippen molar-refractivity contribution in [2.24, 2.45) is 11.0 Å². The third kappa shape index (κ3) is 4.67. The van der Waals surface area contributed by atoms with Crippen LogP contribution >= 0.6 is 11.3 Å². The number of hydrogen-bond donors (Lipinski definition) is 0. The van der Waals surface area contributed by atoms with Crippen LogP contribution in [0.25, 0.3) is 0 Å². The number of hydrazone groups is 1. The molecule has 180 valence electrons. The number of benzene rings is 1. The molecule has 3 heterocycles. The summed E-state index contributed by atoms with van der Waals surface area (Å²) in [5.74, 6) is 1.22. The van der Waals surface area contributed by atoms with E-state index in [0.717, 1.165) is 41.8 Å². The Kier molecular flexibility index (Phi) is 6.82. The second-order valence-corrected chi connectivity index (χ2v) is 9.78. The Morgan fingerprint density at radius 3 is 2.79 bits per heavy atom. The first-order chi connectivity index (χ1) is 16.6. The Hall–Kier alpha value is -2.91. The van der Waals surface area contributed by atoms with Crippen LogP contribution in [0.4, 0.5) is 0 Å². The normalized spacial score (nSPS) is 19.5. The number of thiophene rings is 1.